The monoisotopic (exact) mass is 1900 g/mol. The molecule has 0 aromatic heterocycles. The van der Waals surface area contributed by atoms with Gasteiger partial charge in [-0.05, 0) is 164 Å². The van der Waals surface area contributed by atoms with Gasteiger partial charge in [0.1, 0.15) is 60.2 Å². The Hall–Kier alpha value is -9.88. The minimum atomic E-state index is -1.97. The van der Waals surface area contributed by atoms with Gasteiger partial charge in [-0.1, -0.05) is 154 Å². The van der Waals surface area contributed by atoms with Crippen LogP contribution in [0.1, 0.15) is 254 Å². The van der Waals surface area contributed by atoms with Crippen LogP contribution in [-0.2, 0) is 100 Å². The first-order valence-corrected chi connectivity index (χ1v) is 48.0. The zero-order valence-corrected chi connectivity index (χ0v) is 85.3. The van der Waals surface area contributed by atoms with Crippen LogP contribution in [0.25, 0.3) is 0 Å². The van der Waals surface area contributed by atoms with E-state index in [1.165, 1.54) is 91.0 Å². The van der Waals surface area contributed by atoms with Crippen LogP contribution in [0.4, 0.5) is 4.79 Å². The molecule has 0 aromatic rings. The predicted molar refractivity (Wildman–Crippen MR) is 504 cm³/mol. The number of fused-ring (bicyclic) bond motifs is 5. The molecule has 11 amide bonds. The normalized spacial score (nSPS) is 21.9. The van der Waals surface area contributed by atoms with Gasteiger partial charge < -0.3 is 84.7 Å². The summed E-state index contributed by atoms with van der Waals surface area (Å²) in [7, 11) is 11.1. The summed E-state index contributed by atoms with van der Waals surface area (Å²) in [5.41, 5.74) is -6.50. The number of ketones is 2. The molecule has 762 valence electrons. The first kappa shape index (κ1) is 117. The van der Waals surface area contributed by atoms with E-state index >= 15 is 9.59 Å². The zero-order chi connectivity index (χ0) is 103. The second kappa shape index (κ2) is 52.6. The van der Waals surface area contributed by atoms with Crippen LogP contribution in [0.15, 0.2) is 36.0 Å². The highest BCUT2D eigenvalue weighted by atomic mass is 16.7. The molecule has 4 rings (SSSR count). The van der Waals surface area contributed by atoms with Crippen molar-refractivity contribution in [1.29, 1.82) is 0 Å². The second-order valence-corrected chi connectivity index (χ2v) is 40.5. The number of hydrogen-bond donors (Lipinski definition) is 8. The van der Waals surface area contributed by atoms with Crippen LogP contribution in [-0.4, -0.2) is 312 Å². The van der Waals surface area contributed by atoms with Crippen LogP contribution >= 0.6 is 0 Å². The molecule has 0 aliphatic heterocycles. The number of alkyl carbamates (subject to hydrolysis) is 1. The fourth-order valence-corrected chi connectivity index (χ4v) is 19.6. The molecule has 37 heteroatoms. The van der Waals surface area contributed by atoms with E-state index in [2.05, 4.69) is 31.9 Å². The maximum Gasteiger partial charge on any atom is 0.410 e. The van der Waals surface area contributed by atoms with Gasteiger partial charge >= 0.3 is 24.0 Å². The van der Waals surface area contributed by atoms with Crippen LogP contribution in [0.5, 0.6) is 0 Å². The van der Waals surface area contributed by atoms with E-state index in [1.807, 2.05) is 61.5 Å². The van der Waals surface area contributed by atoms with Crippen LogP contribution in [0.3, 0.4) is 0 Å². The number of amides is 11. The molecule has 3 saturated carbocycles. The topological polar surface area (TPSA) is 479 Å². The number of unbranched alkanes of at least 4 members (excludes halogenated alkanes) is 2. The number of carbonyl (C=O) groups excluding carboxylic acids is 18. The van der Waals surface area contributed by atoms with E-state index in [1.54, 1.807) is 80.5 Å². The molecule has 0 spiro atoms. The standard InChI is InChI=1S/C98H161N13O24/c1-28-31-33-35-70(106(22)78(118)52-100-93(130)134-57-133-81(121)40-39-80(120)132-54-76(116)98(131)44-42-68-67-38-37-65-49-66(114)41-43-94(65,17)82(67)74(115)51-95(68,98)18)92(129)135-75(36-34-32-29-2)84(110(26)77(117)48-61(10)11)87(124)101-69(30-3)89(126)105(21)53-79(119)111(27)97(56-113,50-62(12)13)103-83(63(14)15)91(128)108(24)72(46-59(6)7)86(123)104-96(19,55-112)102-64(16)88(125)109(25)73(47-60(8)9)90(127)107(23)71(45-58(4)5)85(122)99-20/h29,32,41,43,49,55-56,58-64,67-75,82-84,102-103,115,131H,28,30-31,33-40,42,44-48,50-54,57H2,1-27H3,(H,99,122)(H,100,130)(H,101,124)(H,104,123). The molecule has 37 nitrogen and oxygen atoms in total. The Morgan fingerprint density at radius 2 is 1.23 bits per heavy atom. The molecular formula is C98H161N13O24. The van der Waals surface area contributed by atoms with Crippen molar-refractivity contribution < 1.29 is 115 Å². The number of aliphatic hydroxyl groups excluding tert-OH is 1. The fourth-order valence-electron chi connectivity index (χ4n) is 19.6. The average molecular weight is 1910 g/mol. The van der Waals surface area contributed by atoms with Gasteiger partial charge in [0.2, 0.25) is 71.6 Å². The van der Waals surface area contributed by atoms with E-state index in [4.69, 9.17) is 18.9 Å². The van der Waals surface area contributed by atoms with Crippen molar-refractivity contribution in [3.63, 3.8) is 0 Å². The van der Waals surface area contributed by atoms with E-state index in [0.717, 1.165) is 25.2 Å². The summed E-state index contributed by atoms with van der Waals surface area (Å²) >= 11 is 0. The van der Waals surface area contributed by atoms with Crippen molar-refractivity contribution in [2.24, 2.45) is 64.1 Å². The molecule has 18 atom stereocenters. The highest BCUT2D eigenvalue weighted by Crippen LogP contribution is 2.67. The van der Waals surface area contributed by atoms with E-state index in [0.29, 0.717) is 57.5 Å². The van der Waals surface area contributed by atoms with Gasteiger partial charge in [-0.3, -0.25) is 87.3 Å². The SMILES string of the molecule is CC=CCCC(OC(=O)C(CCCCC)N(C)C(=O)CNC(=O)OCOC(=O)CCC(=O)OCC(=O)C1(O)CCC2C3CCC4=CC(=O)C=CC4(C)C3C(O)CC21C)C(C(=O)NC(CC)C(=O)N(C)CC(=O)N(C)C(C=O)(CC(C)C)NC(C(=O)N(C)C(CC(C)C)C(=O)NC(C)(C=O)NC(C)C(=O)N(C)C(CC(C)C)C(=O)N(C)C(CC(C)C)C(=O)NC)C(C)C)N(C)C(=O)CC(C)C. The fraction of sp³-hybridized carbons (Fsp3) is 0.755. The first-order valence-electron chi connectivity index (χ1n) is 48.0. The van der Waals surface area contributed by atoms with E-state index in [-0.39, 0.29) is 123 Å². The van der Waals surface area contributed by atoms with Crippen LogP contribution in [0.2, 0.25) is 0 Å². The van der Waals surface area contributed by atoms with Crippen molar-refractivity contribution in [3.8, 4) is 0 Å². The Kier molecular flexibility index (Phi) is 45.8. The molecule has 135 heavy (non-hydrogen) atoms. The number of esters is 3. The summed E-state index contributed by atoms with van der Waals surface area (Å²) in [6.45, 7) is 30.4. The lowest BCUT2D eigenvalue weighted by atomic mass is 9.46. The molecule has 8 N–H and O–H groups in total. The molecule has 18 unspecified atom stereocenters. The van der Waals surface area contributed by atoms with E-state index < -0.39 is 216 Å². The molecule has 3 fully saturated rings. The summed E-state index contributed by atoms with van der Waals surface area (Å²) in [6, 6.07) is -10.0. The summed E-state index contributed by atoms with van der Waals surface area (Å²) in [4.78, 5) is 260. The van der Waals surface area contributed by atoms with Crippen LogP contribution < -0.4 is 31.9 Å². The molecule has 0 saturated heterocycles. The van der Waals surface area contributed by atoms with Gasteiger partial charge in [-0.2, -0.15) is 0 Å². The first-order chi connectivity index (χ1) is 62.9. The number of aliphatic hydroxyl groups is 2. The molecule has 4 aliphatic rings. The number of allylic oxidation sites excluding steroid dienone is 6. The number of rotatable bonds is 55. The van der Waals surface area contributed by atoms with Crippen molar-refractivity contribution in [3.05, 3.63) is 36.0 Å². The smallest absolute Gasteiger partial charge is 0.410 e. The maximum absolute atomic E-state index is 15.3. The number of nitrogens with zero attached hydrogens (tertiary/aromatic N) is 7. The Morgan fingerprint density at radius 3 is 1.78 bits per heavy atom. The van der Waals surface area contributed by atoms with Gasteiger partial charge in [0, 0.05) is 79.6 Å². The summed E-state index contributed by atoms with van der Waals surface area (Å²) in [6.07, 6.45) is 8.90. The number of Topliss-reactive ketones (excluding diaryl/α,β-unsaturated/α-hetero) is 1. The summed E-state index contributed by atoms with van der Waals surface area (Å²) in [5.74, 6) is -12.6. The summed E-state index contributed by atoms with van der Waals surface area (Å²) in [5, 5.41) is 40.3. The number of hydrogen-bond acceptors (Lipinski definition) is 26. The number of ether oxygens (including phenoxy) is 4. The van der Waals surface area contributed by atoms with Crippen LogP contribution in [0, 0.1) is 64.1 Å². The lowest BCUT2D eigenvalue weighted by Crippen LogP contribution is -2.69. The third-order valence-electron chi connectivity index (χ3n) is 27.3. The number of aldehydes is 2. The highest BCUT2D eigenvalue weighted by molar-refractivity contribution is 6.02. The lowest BCUT2D eigenvalue weighted by molar-refractivity contribution is -0.181. The Bertz CT molecular complexity index is 4250. The minimum absolute atomic E-state index is 0.0303. The van der Waals surface area contributed by atoms with Gasteiger partial charge in [0.05, 0.1) is 37.6 Å². The molecule has 0 aromatic carbocycles. The molecular weight excluding hydrogens is 1740 g/mol. The summed E-state index contributed by atoms with van der Waals surface area (Å²) < 4.78 is 21.5. The third kappa shape index (κ3) is 31.1. The Labute approximate surface area is 799 Å². The van der Waals surface area contributed by atoms with E-state index in [9.17, 15) is 86.9 Å². The molecule has 0 bridgehead atoms. The number of likely N-dealkylation sites (N-methyl/N-ethyl adjacent to an activating group) is 8. The van der Waals surface area contributed by atoms with Gasteiger partial charge in [0.15, 0.2) is 30.6 Å². The predicted octanol–water partition coefficient (Wildman–Crippen LogP) is 6.41. The Morgan fingerprint density at radius 1 is 0.644 bits per heavy atom. The van der Waals surface area contributed by atoms with Gasteiger partial charge in [0.25, 0.3) is 0 Å². The second-order valence-electron chi connectivity index (χ2n) is 40.5. The molecule has 4 aliphatic carbocycles. The van der Waals surface area contributed by atoms with Crippen molar-refractivity contribution in [2.75, 3.05) is 82.9 Å². The largest absolute Gasteiger partial charge is 0.458 e. The van der Waals surface area contributed by atoms with Gasteiger partial charge in [-0.25, -0.2) is 9.59 Å². The zero-order valence-electron chi connectivity index (χ0n) is 85.3. The number of nitrogens with one attached hydrogen (secondary N) is 6. The van der Waals surface area contributed by atoms with Crippen molar-refractivity contribution in [2.45, 2.75) is 331 Å². The average Bonchev–Trinajstić information content (AvgIpc) is 1.59. The van der Waals surface area contributed by atoms with Gasteiger partial charge in [-0.15, -0.1) is 0 Å². The molecule has 0 radical (unpaired) electrons. The third-order valence-corrected chi connectivity index (χ3v) is 27.3. The highest BCUT2D eigenvalue weighted by Gasteiger charge is 2.68. The maximum atomic E-state index is 15.3. The lowest BCUT2D eigenvalue weighted by Gasteiger charge is -2.59. The quantitative estimate of drug-likeness (QED) is 0.00814. The van der Waals surface area contributed by atoms with Crippen molar-refractivity contribution in [1.82, 2.24) is 66.2 Å². The minimum Gasteiger partial charge on any atom is -0.458 e. The molecule has 0 heterocycles. The van der Waals surface area contributed by atoms with Crippen molar-refractivity contribution >= 4 is 107 Å². The Balaban J connectivity index is 1.49. The number of carbonyl (C=O) groups is 18.